The SMILES string of the molecule is CCOC(C(N)c1ccc2nc(C)ccc2c1)C(C)(C)C. The zero-order valence-corrected chi connectivity index (χ0v) is 13.7. The molecule has 3 nitrogen and oxygen atoms in total. The Morgan fingerprint density at radius 2 is 1.90 bits per heavy atom. The molecule has 21 heavy (non-hydrogen) atoms. The number of hydrogen-bond donors (Lipinski definition) is 1. The molecule has 0 aliphatic carbocycles. The smallest absolute Gasteiger partial charge is 0.0815 e. The van der Waals surface area contributed by atoms with Crippen LogP contribution in [0.4, 0.5) is 0 Å². The van der Waals surface area contributed by atoms with Crippen LogP contribution in [0, 0.1) is 12.3 Å². The maximum absolute atomic E-state index is 6.49. The highest BCUT2D eigenvalue weighted by molar-refractivity contribution is 5.79. The van der Waals surface area contributed by atoms with Crippen LogP contribution in [0.1, 0.15) is 45.0 Å². The summed E-state index contributed by atoms with van der Waals surface area (Å²) in [6.45, 7) is 11.2. The summed E-state index contributed by atoms with van der Waals surface area (Å²) < 4.78 is 5.91. The van der Waals surface area contributed by atoms with Gasteiger partial charge in [-0.15, -0.1) is 0 Å². The molecule has 0 bridgehead atoms. The summed E-state index contributed by atoms with van der Waals surface area (Å²) in [6, 6.07) is 10.2. The van der Waals surface area contributed by atoms with Gasteiger partial charge < -0.3 is 10.5 Å². The van der Waals surface area contributed by atoms with Crippen molar-refractivity contribution < 1.29 is 4.74 Å². The van der Waals surface area contributed by atoms with Crippen LogP contribution in [0.25, 0.3) is 10.9 Å². The van der Waals surface area contributed by atoms with Crippen LogP contribution in [0.2, 0.25) is 0 Å². The van der Waals surface area contributed by atoms with E-state index in [1.165, 1.54) is 0 Å². The number of rotatable bonds is 4. The maximum Gasteiger partial charge on any atom is 0.0815 e. The van der Waals surface area contributed by atoms with E-state index in [1.54, 1.807) is 0 Å². The van der Waals surface area contributed by atoms with Crippen molar-refractivity contribution in [1.29, 1.82) is 0 Å². The van der Waals surface area contributed by atoms with Gasteiger partial charge in [0.15, 0.2) is 0 Å². The van der Waals surface area contributed by atoms with Crippen LogP contribution in [0.5, 0.6) is 0 Å². The lowest BCUT2D eigenvalue weighted by atomic mass is 9.82. The predicted molar refractivity (Wildman–Crippen MR) is 88.3 cm³/mol. The van der Waals surface area contributed by atoms with E-state index >= 15 is 0 Å². The van der Waals surface area contributed by atoms with Crippen LogP contribution >= 0.6 is 0 Å². The maximum atomic E-state index is 6.49. The van der Waals surface area contributed by atoms with E-state index in [-0.39, 0.29) is 17.6 Å². The third-order valence-electron chi connectivity index (χ3n) is 3.76. The number of hydrogen-bond acceptors (Lipinski definition) is 3. The third-order valence-corrected chi connectivity index (χ3v) is 3.76. The summed E-state index contributed by atoms with van der Waals surface area (Å²) in [5.74, 6) is 0. The molecule has 0 spiro atoms. The van der Waals surface area contributed by atoms with Gasteiger partial charge in [0.2, 0.25) is 0 Å². The number of aromatic nitrogens is 1. The van der Waals surface area contributed by atoms with Gasteiger partial charge >= 0.3 is 0 Å². The van der Waals surface area contributed by atoms with E-state index < -0.39 is 0 Å². The summed E-state index contributed by atoms with van der Waals surface area (Å²) in [6.07, 6.45) is -0.0154. The monoisotopic (exact) mass is 286 g/mol. The average Bonchev–Trinajstić information content (AvgIpc) is 2.42. The first-order valence-corrected chi connectivity index (χ1v) is 7.57. The summed E-state index contributed by atoms with van der Waals surface area (Å²) in [5.41, 5.74) is 9.62. The van der Waals surface area contributed by atoms with E-state index in [0.29, 0.717) is 6.61 Å². The van der Waals surface area contributed by atoms with Gasteiger partial charge in [-0.05, 0) is 43.0 Å². The molecule has 2 unspecified atom stereocenters. The van der Waals surface area contributed by atoms with E-state index in [0.717, 1.165) is 22.2 Å². The molecule has 0 amide bonds. The van der Waals surface area contributed by atoms with Gasteiger partial charge in [0.1, 0.15) is 0 Å². The second-order valence-corrected chi connectivity index (χ2v) is 6.67. The normalized spacial score (nSPS) is 15.1. The van der Waals surface area contributed by atoms with Crippen molar-refractivity contribution in [3.63, 3.8) is 0 Å². The van der Waals surface area contributed by atoms with Gasteiger partial charge in [0.05, 0.1) is 17.7 Å². The summed E-state index contributed by atoms with van der Waals surface area (Å²) in [4.78, 5) is 4.53. The number of fused-ring (bicyclic) bond motifs is 1. The molecule has 2 atom stereocenters. The molecule has 0 saturated carbocycles. The summed E-state index contributed by atoms with van der Waals surface area (Å²) in [5, 5.41) is 1.12. The zero-order valence-electron chi connectivity index (χ0n) is 13.7. The Labute approximate surface area is 127 Å². The fourth-order valence-electron chi connectivity index (χ4n) is 2.70. The summed E-state index contributed by atoms with van der Waals surface area (Å²) in [7, 11) is 0. The molecule has 1 aromatic heterocycles. The highest BCUT2D eigenvalue weighted by Crippen LogP contribution is 2.32. The standard InChI is InChI=1S/C18H26N2O/c1-6-21-17(18(3,4)5)16(19)14-9-10-15-13(11-14)8-7-12(2)20-15/h7-11,16-17H,6,19H2,1-5H3. The number of nitrogens with zero attached hydrogens (tertiary/aromatic N) is 1. The Morgan fingerprint density at radius 1 is 1.19 bits per heavy atom. The largest absolute Gasteiger partial charge is 0.376 e. The van der Waals surface area contributed by atoms with E-state index in [1.807, 2.05) is 26.0 Å². The molecular weight excluding hydrogens is 260 g/mol. The Morgan fingerprint density at radius 3 is 2.52 bits per heavy atom. The van der Waals surface area contributed by atoms with E-state index in [9.17, 15) is 0 Å². The van der Waals surface area contributed by atoms with Gasteiger partial charge in [0, 0.05) is 17.7 Å². The zero-order chi connectivity index (χ0) is 15.6. The van der Waals surface area contributed by atoms with Crippen LogP contribution in [0.3, 0.4) is 0 Å². The Bertz CT molecular complexity index is 616. The predicted octanol–water partition coefficient (Wildman–Crippen LogP) is 3.99. The van der Waals surface area contributed by atoms with Crippen molar-refractivity contribution >= 4 is 10.9 Å². The topological polar surface area (TPSA) is 48.1 Å². The van der Waals surface area contributed by atoms with Crippen molar-refractivity contribution in [2.45, 2.75) is 46.8 Å². The first-order chi connectivity index (χ1) is 9.82. The Balaban J connectivity index is 2.37. The molecule has 1 aromatic carbocycles. The molecule has 114 valence electrons. The lowest BCUT2D eigenvalue weighted by molar-refractivity contribution is -0.0282. The van der Waals surface area contributed by atoms with Crippen molar-refractivity contribution in [3.8, 4) is 0 Å². The lowest BCUT2D eigenvalue weighted by Gasteiger charge is -2.35. The molecule has 0 aliphatic rings. The first-order valence-electron chi connectivity index (χ1n) is 7.57. The molecule has 0 aliphatic heterocycles. The number of aryl methyl sites for hydroxylation is 1. The van der Waals surface area contributed by atoms with Crippen LogP contribution < -0.4 is 5.73 Å². The van der Waals surface area contributed by atoms with E-state index in [4.69, 9.17) is 10.5 Å². The molecule has 3 heteroatoms. The first kappa shape index (κ1) is 15.9. The molecular formula is C18H26N2O. The van der Waals surface area contributed by atoms with Crippen LogP contribution in [-0.2, 0) is 4.74 Å². The minimum atomic E-state index is -0.143. The van der Waals surface area contributed by atoms with Gasteiger partial charge in [-0.25, -0.2) is 0 Å². The van der Waals surface area contributed by atoms with Crippen molar-refractivity contribution in [2.24, 2.45) is 11.1 Å². The minimum absolute atomic E-state index is 0.00406. The third kappa shape index (κ3) is 3.60. The number of nitrogens with two attached hydrogens (primary N) is 1. The second-order valence-electron chi connectivity index (χ2n) is 6.67. The lowest BCUT2D eigenvalue weighted by Crippen LogP contribution is -2.39. The highest BCUT2D eigenvalue weighted by Gasteiger charge is 2.31. The second kappa shape index (κ2) is 6.12. The van der Waals surface area contributed by atoms with Gasteiger partial charge in [-0.1, -0.05) is 32.9 Å². The molecule has 0 radical (unpaired) electrons. The molecule has 2 rings (SSSR count). The van der Waals surface area contributed by atoms with Gasteiger partial charge in [-0.3, -0.25) is 4.98 Å². The van der Waals surface area contributed by atoms with Crippen LogP contribution in [-0.4, -0.2) is 17.7 Å². The number of benzene rings is 1. The minimum Gasteiger partial charge on any atom is -0.376 e. The van der Waals surface area contributed by atoms with Crippen molar-refractivity contribution in [2.75, 3.05) is 6.61 Å². The fourth-order valence-corrected chi connectivity index (χ4v) is 2.70. The van der Waals surface area contributed by atoms with Gasteiger partial charge in [0.25, 0.3) is 0 Å². The Kier molecular flexibility index (Phi) is 4.64. The fraction of sp³-hybridized carbons (Fsp3) is 0.500. The molecule has 0 saturated heterocycles. The quantitative estimate of drug-likeness (QED) is 0.924. The average molecular weight is 286 g/mol. The number of ether oxygens (including phenoxy) is 1. The highest BCUT2D eigenvalue weighted by atomic mass is 16.5. The molecule has 0 fully saturated rings. The molecule has 2 N–H and O–H groups in total. The van der Waals surface area contributed by atoms with Crippen molar-refractivity contribution in [1.82, 2.24) is 4.98 Å². The van der Waals surface area contributed by atoms with Crippen molar-refractivity contribution in [3.05, 3.63) is 41.6 Å². The van der Waals surface area contributed by atoms with E-state index in [2.05, 4.69) is 44.0 Å². The van der Waals surface area contributed by atoms with Crippen LogP contribution in [0.15, 0.2) is 30.3 Å². The number of pyridine rings is 1. The Hall–Kier alpha value is -1.45. The summed E-state index contributed by atoms with van der Waals surface area (Å²) >= 11 is 0. The molecule has 2 aromatic rings. The molecule has 1 heterocycles. The van der Waals surface area contributed by atoms with Gasteiger partial charge in [-0.2, -0.15) is 0 Å².